The molecule has 0 radical (unpaired) electrons. The fraction of sp³-hybridized carbons (Fsp3) is 0.130. The van der Waals surface area contributed by atoms with Crippen LogP contribution in [-0.2, 0) is 16.6 Å². The minimum absolute atomic E-state index is 0.149. The monoisotopic (exact) mass is 466 g/mol. The van der Waals surface area contributed by atoms with Gasteiger partial charge in [0.2, 0.25) is 10.0 Å². The van der Waals surface area contributed by atoms with Crippen LogP contribution in [-0.4, -0.2) is 22.8 Å². The number of fused-ring (bicyclic) bond motifs is 2. The van der Waals surface area contributed by atoms with E-state index in [4.69, 9.17) is 0 Å². The minimum atomic E-state index is -3.77. The van der Waals surface area contributed by atoms with E-state index < -0.39 is 10.0 Å². The SMILES string of the molecule is Cc1ccc2cccc(S(=O)(=O)NCc3sc4nc(-c5ccc(F)cc5)cn4c3C)c2n1. The molecule has 0 unspecified atom stereocenters. The molecule has 162 valence electrons. The Labute approximate surface area is 188 Å². The van der Waals surface area contributed by atoms with Gasteiger partial charge in [-0.2, -0.15) is 0 Å². The Hall–Kier alpha value is -3.14. The van der Waals surface area contributed by atoms with Gasteiger partial charge in [-0.1, -0.05) is 29.5 Å². The normalized spacial score (nSPS) is 12.1. The molecule has 0 bridgehead atoms. The zero-order chi connectivity index (χ0) is 22.5. The van der Waals surface area contributed by atoms with Crippen molar-refractivity contribution < 1.29 is 12.8 Å². The Morgan fingerprint density at radius 2 is 1.81 bits per heavy atom. The molecule has 0 saturated heterocycles. The van der Waals surface area contributed by atoms with Gasteiger partial charge in [0.1, 0.15) is 10.7 Å². The Morgan fingerprint density at radius 1 is 1.03 bits per heavy atom. The van der Waals surface area contributed by atoms with Crippen LogP contribution in [0.3, 0.4) is 0 Å². The number of hydrogen-bond donors (Lipinski definition) is 1. The molecular weight excluding hydrogens is 447 g/mol. The number of sulfonamides is 1. The molecule has 0 aliphatic rings. The first kappa shape index (κ1) is 20.7. The Morgan fingerprint density at radius 3 is 2.56 bits per heavy atom. The van der Waals surface area contributed by atoms with Crippen molar-refractivity contribution in [1.82, 2.24) is 19.1 Å². The standard InChI is InChI=1S/C23H19FN4O2S2/c1-14-6-7-17-4-3-5-21(22(17)26-14)32(29,30)25-12-20-15(2)28-13-19(27-23(28)31-20)16-8-10-18(24)11-9-16/h3-11,13,25H,12H2,1-2H3. The van der Waals surface area contributed by atoms with Crippen LogP contribution in [0.1, 0.15) is 16.3 Å². The highest BCUT2D eigenvalue weighted by Gasteiger charge is 2.20. The number of benzene rings is 2. The van der Waals surface area contributed by atoms with E-state index in [1.807, 2.05) is 42.6 Å². The van der Waals surface area contributed by atoms with E-state index in [1.165, 1.54) is 23.5 Å². The van der Waals surface area contributed by atoms with E-state index in [0.29, 0.717) is 5.52 Å². The summed E-state index contributed by atoms with van der Waals surface area (Å²) in [5, 5.41) is 0.776. The number of aryl methyl sites for hydroxylation is 2. The lowest BCUT2D eigenvalue weighted by Gasteiger charge is -2.09. The summed E-state index contributed by atoms with van der Waals surface area (Å²) in [5.74, 6) is -0.294. The molecule has 1 N–H and O–H groups in total. The molecule has 32 heavy (non-hydrogen) atoms. The van der Waals surface area contributed by atoms with Gasteiger partial charge in [-0.15, -0.1) is 0 Å². The Bertz CT molecular complexity index is 1570. The number of imidazole rings is 1. The van der Waals surface area contributed by atoms with Crippen LogP contribution in [0.25, 0.3) is 27.1 Å². The smallest absolute Gasteiger partial charge is 0.243 e. The van der Waals surface area contributed by atoms with Crippen LogP contribution in [0.15, 0.2) is 65.7 Å². The first-order valence-electron chi connectivity index (χ1n) is 9.91. The summed E-state index contributed by atoms with van der Waals surface area (Å²) in [6.45, 7) is 3.91. The summed E-state index contributed by atoms with van der Waals surface area (Å²) in [7, 11) is -3.77. The molecule has 2 aromatic carbocycles. The maximum absolute atomic E-state index is 13.2. The number of hydrogen-bond acceptors (Lipinski definition) is 5. The number of nitrogens with one attached hydrogen (secondary N) is 1. The van der Waals surface area contributed by atoms with Gasteiger partial charge in [0, 0.05) is 40.0 Å². The van der Waals surface area contributed by atoms with Crippen molar-refractivity contribution >= 4 is 37.2 Å². The molecule has 5 aromatic rings. The number of halogens is 1. The quantitative estimate of drug-likeness (QED) is 0.402. The van der Waals surface area contributed by atoms with Crippen molar-refractivity contribution in [3.63, 3.8) is 0 Å². The summed E-state index contributed by atoms with van der Waals surface area (Å²) in [4.78, 5) is 10.8. The highest BCUT2D eigenvalue weighted by atomic mass is 32.2. The van der Waals surface area contributed by atoms with E-state index in [9.17, 15) is 12.8 Å². The van der Waals surface area contributed by atoms with Crippen molar-refractivity contribution in [1.29, 1.82) is 0 Å². The summed E-state index contributed by atoms with van der Waals surface area (Å²) in [5.41, 5.74) is 3.68. The van der Waals surface area contributed by atoms with Crippen LogP contribution in [0, 0.1) is 19.7 Å². The number of thiazole rings is 1. The highest BCUT2D eigenvalue weighted by molar-refractivity contribution is 7.89. The van der Waals surface area contributed by atoms with Crippen LogP contribution >= 0.6 is 11.3 Å². The number of rotatable bonds is 5. The maximum atomic E-state index is 13.2. The number of aromatic nitrogens is 3. The van der Waals surface area contributed by atoms with Gasteiger partial charge in [-0.25, -0.2) is 22.5 Å². The molecule has 0 aliphatic carbocycles. The first-order chi connectivity index (χ1) is 15.3. The fourth-order valence-corrected chi connectivity index (χ4v) is 5.89. The molecular formula is C23H19FN4O2S2. The largest absolute Gasteiger partial charge is 0.294 e. The third-order valence-electron chi connectivity index (χ3n) is 5.33. The molecule has 5 rings (SSSR count). The zero-order valence-corrected chi connectivity index (χ0v) is 19.0. The predicted molar refractivity (Wildman–Crippen MR) is 124 cm³/mol. The van der Waals surface area contributed by atoms with Crippen LogP contribution < -0.4 is 4.72 Å². The molecule has 6 nitrogen and oxygen atoms in total. The second-order valence-corrected chi connectivity index (χ2v) is 10.3. The summed E-state index contributed by atoms with van der Waals surface area (Å²) in [6, 6.07) is 15.0. The van der Waals surface area contributed by atoms with Gasteiger partial charge in [-0.3, -0.25) is 9.38 Å². The number of pyridine rings is 1. The molecule has 3 aromatic heterocycles. The van der Waals surface area contributed by atoms with E-state index >= 15 is 0 Å². The van der Waals surface area contributed by atoms with Gasteiger partial charge in [0.05, 0.1) is 11.2 Å². The molecule has 3 heterocycles. The molecule has 0 atom stereocenters. The van der Waals surface area contributed by atoms with E-state index in [2.05, 4.69) is 14.7 Å². The summed E-state index contributed by atoms with van der Waals surface area (Å²) in [6.07, 6.45) is 1.88. The molecule has 0 spiro atoms. The predicted octanol–water partition coefficient (Wildman–Crippen LogP) is 4.85. The lowest BCUT2D eigenvalue weighted by Crippen LogP contribution is -2.23. The maximum Gasteiger partial charge on any atom is 0.243 e. The number of nitrogens with zero attached hydrogens (tertiary/aromatic N) is 3. The van der Waals surface area contributed by atoms with Crippen molar-refractivity contribution in [2.24, 2.45) is 0 Å². The van der Waals surface area contributed by atoms with Crippen LogP contribution in [0.2, 0.25) is 0 Å². The third kappa shape index (κ3) is 3.68. The average Bonchev–Trinajstić information content (AvgIpc) is 3.31. The molecule has 0 aliphatic heterocycles. The van der Waals surface area contributed by atoms with Gasteiger partial charge < -0.3 is 0 Å². The fourth-order valence-electron chi connectivity index (χ4n) is 3.59. The molecule has 9 heteroatoms. The van der Waals surface area contributed by atoms with Crippen molar-refractivity contribution in [3.8, 4) is 11.3 Å². The van der Waals surface area contributed by atoms with E-state index in [-0.39, 0.29) is 17.3 Å². The molecule has 0 fully saturated rings. The zero-order valence-electron chi connectivity index (χ0n) is 17.3. The van der Waals surface area contributed by atoms with Crippen LogP contribution in [0.5, 0.6) is 0 Å². The van der Waals surface area contributed by atoms with E-state index in [0.717, 1.165) is 37.9 Å². The minimum Gasteiger partial charge on any atom is -0.294 e. The lowest BCUT2D eigenvalue weighted by molar-refractivity contribution is 0.582. The summed E-state index contributed by atoms with van der Waals surface area (Å²) >= 11 is 1.42. The van der Waals surface area contributed by atoms with Crippen molar-refractivity contribution in [2.45, 2.75) is 25.3 Å². The lowest BCUT2D eigenvalue weighted by atomic mass is 10.2. The van der Waals surface area contributed by atoms with Gasteiger partial charge >= 0.3 is 0 Å². The highest BCUT2D eigenvalue weighted by Crippen LogP contribution is 2.28. The van der Waals surface area contributed by atoms with Gasteiger partial charge in [-0.05, 0) is 50.2 Å². The van der Waals surface area contributed by atoms with Gasteiger partial charge in [0.25, 0.3) is 0 Å². The average molecular weight is 467 g/mol. The van der Waals surface area contributed by atoms with Crippen molar-refractivity contribution in [2.75, 3.05) is 0 Å². The second-order valence-electron chi connectivity index (χ2n) is 7.50. The number of para-hydroxylation sites is 1. The first-order valence-corrected chi connectivity index (χ1v) is 12.2. The van der Waals surface area contributed by atoms with Gasteiger partial charge in [0.15, 0.2) is 4.96 Å². The summed E-state index contributed by atoms with van der Waals surface area (Å²) < 4.78 is 43.9. The van der Waals surface area contributed by atoms with Crippen molar-refractivity contribution in [3.05, 3.63) is 82.9 Å². The Kier molecular flexibility index (Phi) is 5.04. The molecule has 0 amide bonds. The van der Waals surface area contributed by atoms with E-state index in [1.54, 1.807) is 24.3 Å². The molecule has 0 saturated carbocycles. The second kappa shape index (κ2) is 7.77. The van der Waals surface area contributed by atoms with Crippen LogP contribution in [0.4, 0.5) is 4.39 Å². The third-order valence-corrected chi connectivity index (χ3v) is 7.92. The Balaban J connectivity index is 1.43. The topological polar surface area (TPSA) is 76.4 Å².